The SMILES string of the molecule is Cc1ccc2cnn(P)c2c1Br. The molecule has 0 aliphatic carbocycles. The van der Waals surface area contributed by atoms with Crippen molar-refractivity contribution in [2.45, 2.75) is 6.92 Å². The molecule has 0 saturated carbocycles. The van der Waals surface area contributed by atoms with Gasteiger partial charge in [0.15, 0.2) is 0 Å². The van der Waals surface area contributed by atoms with Gasteiger partial charge < -0.3 is 0 Å². The van der Waals surface area contributed by atoms with E-state index in [4.69, 9.17) is 0 Å². The standard InChI is InChI=1S/C8H8BrN2P/c1-5-2-3-6-4-10-11(12)8(6)7(5)9/h2-4H,12H2,1H3. The highest BCUT2D eigenvalue weighted by Crippen LogP contribution is 2.27. The lowest BCUT2D eigenvalue weighted by Crippen LogP contribution is -1.83. The molecule has 1 aromatic carbocycles. The van der Waals surface area contributed by atoms with Crippen molar-refractivity contribution in [3.63, 3.8) is 0 Å². The molecule has 0 saturated heterocycles. The van der Waals surface area contributed by atoms with E-state index in [9.17, 15) is 0 Å². The van der Waals surface area contributed by atoms with Gasteiger partial charge in [-0.25, -0.2) is 4.45 Å². The van der Waals surface area contributed by atoms with Crippen LogP contribution in [0.3, 0.4) is 0 Å². The minimum Gasteiger partial charge on any atom is -0.250 e. The van der Waals surface area contributed by atoms with E-state index in [-0.39, 0.29) is 0 Å². The average Bonchev–Trinajstić information content (AvgIpc) is 2.41. The molecule has 4 heteroatoms. The number of aryl methyl sites for hydroxylation is 1. The fourth-order valence-corrected chi connectivity index (χ4v) is 2.28. The minimum absolute atomic E-state index is 1.12. The van der Waals surface area contributed by atoms with Gasteiger partial charge in [-0.15, -0.1) is 0 Å². The molecule has 0 N–H and O–H groups in total. The van der Waals surface area contributed by atoms with E-state index in [1.54, 1.807) is 4.45 Å². The molecule has 1 atom stereocenters. The van der Waals surface area contributed by atoms with Gasteiger partial charge in [-0.3, -0.25) is 0 Å². The lowest BCUT2D eigenvalue weighted by atomic mass is 10.2. The molecule has 0 amide bonds. The number of aromatic nitrogens is 2. The highest BCUT2D eigenvalue weighted by atomic mass is 79.9. The van der Waals surface area contributed by atoms with Gasteiger partial charge in [0.25, 0.3) is 0 Å². The van der Waals surface area contributed by atoms with E-state index in [1.165, 1.54) is 5.56 Å². The van der Waals surface area contributed by atoms with Crippen LogP contribution in [0.15, 0.2) is 22.8 Å². The van der Waals surface area contributed by atoms with Crippen LogP contribution >= 0.6 is 25.3 Å². The second-order valence-electron chi connectivity index (χ2n) is 2.72. The van der Waals surface area contributed by atoms with Crippen molar-refractivity contribution in [2.24, 2.45) is 0 Å². The van der Waals surface area contributed by atoms with Gasteiger partial charge in [0.05, 0.1) is 11.7 Å². The third-order valence-electron chi connectivity index (χ3n) is 1.89. The summed E-state index contributed by atoms with van der Waals surface area (Å²) in [6.07, 6.45) is 1.85. The molecule has 0 aliphatic rings. The summed E-state index contributed by atoms with van der Waals surface area (Å²) in [5.41, 5.74) is 2.35. The zero-order valence-corrected chi connectivity index (χ0v) is 9.32. The summed E-state index contributed by atoms with van der Waals surface area (Å²) in [6, 6.07) is 4.15. The zero-order valence-electron chi connectivity index (χ0n) is 6.58. The Morgan fingerprint density at radius 1 is 1.50 bits per heavy atom. The molecule has 1 aromatic heterocycles. The second-order valence-corrected chi connectivity index (χ2v) is 4.01. The molecular formula is C8H8BrN2P. The summed E-state index contributed by atoms with van der Waals surface area (Å²) in [6.45, 7) is 2.07. The fourth-order valence-electron chi connectivity index (χ4n) is 1.20. The van der Waals surface area contributed by atoms with Gasteiger partial charge in [0.2, 0.25) is 0 Å². The number of halogens is 1. The van der Waals surface area contributed by atoms with Crippen LogP contribution in [0.25, 0.3) is 10.9 Å². The third kappa shape index (κ3) is 1.08. The molecular weight excluding hydrogens is 235 g/mol. The Morgan fingerprint density at radius 2 is 2.25 bits per heavy atom. The largest absolute Gasteiger partial charge is 0.250 e. The number of rotatable bonds is 0. The number of fused-ring (bicyclic) bond motifs is 1. The maximum Gasteiger partial charge on any atom is 0.0861 e. The molecule has 2 rings (SSSR count). The molecule has 1 heterocycles. The minimum atomic E-state index is 1.12. The van der Waals surface area contributed by atoms with E-state index in [0.29, 0.717) is 0 Å². The number of hydrogen-bond acceptors (Lipinski definition) is 1. The average molecular weight is 243 g/mol. The van der Waals surface area contributed by atoms with E-state index in [2.05, 4.69) is 49.5 Å². The van der Waals surface area contributed by atoms with Crippen molar-refractivity contribution in [1.82, 2.24) is 9.55 Å². The molecule has 0 aliphatic heterocycles. The Bertz CT molecular complexity index is 436. The van der Waals surface area contributed by atoms with Crippen molar-refractivity contribution < 1.29 is 0 Å². The van der Waals surface area contributed by atoms with Gasteiger partial charge in [-0.2, -0.15) is 5.10 Å². The first-order valence-corrected chi connectivity index (χ1v) is 4.89. The van der Waals surface area contributed by atoms with Gasteiger partial charge in [-0.1, -0.05) is 12.1 Å². The van der Waals surface area contributed by atoms with Crippen molar-refractivity contribution in [3.8, 4) is 0 Å². The van der Waals surface area contributed by atoms with E-state index < -0.39 is 0 Å². The van der Waals surface area contributed by atoms with Crippen molar-refractivity contribution >= 4 is 36.2 Å². The molecule has 1 unspecified atom stereocenters. The van der Waals surface area contributed by atoms with Crippen LogP contribution in [0.4, 0.5) is 0 Å². The molecule has 2 aromatic rings. The number of benzene rings is 1. The highest BCUT2D eigenvalue weighted by molar-refractivity contribution is 9.10. The summed E-state index contributed by atoms with van der Waals surface area (Å²) in [5.74, 6) is 0. The Hall–Kier alpha value is -0.400. The molecule has 0 fully saturated rings. The van der Waals surface area contributed by atoms with Crippen LogP contribution in [0.5, 0.6) is 0 Å². The quantitative estimate of drug-likeness (QED) is 0.650. The van der Waals surface area contributed by atoms with Crippen molar-refractivity contribution in [1.29, 1.82) is 0 Å². The lowest BCUT2D eigenvalue weighted by Gasteiger charge is -2.00. The molecule has 62 valence electrons. The predicted octanol–water partition coefficient (Wildman–Crippen LogP) is 2.75. The maximum atomic E-state index is 4.15. The highest BCUT2D eigenvalue weighted by Gasteiger charge is 2.05. The van der Waals surface area contributed by atoms with Gasteiger partial charge in [-0.05, 0) is 37.8 Å². The Labute approximate surface area is 81.3 Å². The van der Waals surface area contributed by atoms with E-state index >= 15 is 0 Å². The monoisotopic (exact) mass is 242 g/mol. The van der Waals surface area contributed by atoms with Crippen molar-refractivity contribution in [3.05, 3.63) is 28.4 Å². The zero-order chi connectivity index (χ0) is 8.72. The lowest BCUT2D eigenvalue weighted by molar-refractivity contribution is 1.04. The molecule has 0 spiro atoms. The first kappa shape index (κ1) is 8.21. The van der Waals surface area contributed by atoms with Crippen LogP contribution in [0.1, 0.15) is 5.56 Å². The summed E-state index contributed by atoms with van der Waals surface area (Å²) >= 11 is 3.54. The third-order valence-corrected chi connectivity index (χ3v) is 3.28. The van der Waals surface area contributed by atoms with Crippen molar-refractivity contribution in [2.75, 3.05) is 0 Å². The predicted molar refractivity (Wildman–Crippen MR) is 57.3 cm³/mol. The summed E-state index contributed by atoms with van der Waals surface area (Å²) in [5, 5.41) is 5.30. The van der Waals surface area contributed by atoms with Crippen LogP contribution in [-0.4, -0.2) is 9.55 Å². The van der Waals surface area contributed by atoms with Gasteiger partial charge >= 0.3 is 0 Å². The number of hydrogen-bond donors (Lipinski definition) is 0. The summed E-state index contributed by atoms with van der Waals surface area (Å²) in [4.78, 5) is 0. The Kier molecular flexibility index (Phi) is 1.93. The number of nitrogens with zero attached hydrogens (tertiary/aromatic N) is 2. The molecule has 0 bridgehead atoms. The van der Waals surface area contributed by atoms with E-state index in [0.717, 1.165) is 15.4 Å². The topological polar surface area (TPSA) is 17.8 Å². The fraction of sp³-hybridized carbons (Fsp3) is 0.125. The summed E-state index contributed by atoms with van der Waals surface area (Å²) < 4.78 is 2.92. The van der Waals surface area contributed by atoms with Crippen LogP contribution in [-0.2, 0) is 0 Å². The van der Waals surface area contributed by atoms with E-state index in [1.807, 2.05) is 6.20 Å². The first-order valence-electron chi connectivity index (χ1n) is 3.58. The molecule has 12 heavy (non-hydrogen) atoms. The molecule has 0 radical (unpaired) electrons. The van der Waals surface area contributed by atoms with Crippen LogP contribution < -0.4 is 0 Å². The smallest absolute Gasteiger partial charge is 0.0861 e. The first-order chi connectivity index (χ1) is 5.70. The van der Waals surface area contributed by atoms with Gasteiger partial charge in [0, 0.05) is 9.86 Å². The van der Waals surface area contributed by atoms with Crippen LogP contribution in [0, 0.1) is 6.92 Å². The second kappa shape index (κ2) is 2.82. The Balaban J connectivity index is 2.96. The Morgan fingerprint density at radius 3 is 3.00 bits per heavy atom. The van der Waals surface area contributed by atoms with Gasteiger partial charge in [0.1, 0.15) is 0 Å². The molecule has 2 nitrogen and oxygen atoms in total. The normalized spacial score (nSPS) is 10.9. The summed E-state index contributed by atoms with van der Waals surface area (Å²) in [7, 11) is 2.56. The maximum absolute atomic E-state index is 4.15. The van der Waals surface area contributed by atoms with Crippen LogP contribution in [0.2, 0.25) is 0 Å².